The summed E-state index contributed by atoms with van der Waals surface area (Å²) < 4.78 is 14.8. The molecule has 2 atom stereocenters. The van der Waals surface area contributed by atoms with E-state index in [-0.39, 0.29) is 24.3 Å². The summed E-state index contributed by atoms with van der Waals surface area (Å²) in [6, 6.07) is 11.0. The Bertz CT molecular complexity index is 938. The van der Waals surface area contributed by atoms with Gasteiger partial charge in [0.1, 0.15) is 11.3 Å². The Morgan fingerprint density at radius 1 is 1.24 bits per heavy atom. The molecule has 1 N–H and O–H groups in total. The fourth-order valence-corrected chi connectivity index (χ4v) is 3.37. The summed E-state index contributed by atoms with van der Waals surface area (Å²) in [6.45, 7) is 0.253. The molecule has 1 saturated heterocycles. The SMILES string of the molecule is Cn1nnc2ccc(C(=O)N3C[C@H](O)C[C@H]3c3ccc(F)cc3)cc21. The van der Waals surface area contributed by atoms with Crippen LogP contribution in [-0.2, 0) is 7.05 Å². The summed E-state index contributed by atoms with van der Waals surface area (Å²) in [5.74, 6) is -0.497. The van der Waals surface area contributed by atoms with E-state index in [4.69, 9.17) is 0 Å². The van der Waals surface area contributed by atoms with Crippen molar-refractivity contribution in [3.05, 3.63) is 59.4 Å². The molecule has 25 heavy (non-hydrogen) atoms. The average Bonchev–Trinajstić information content (AvgIpc) is 3.18. The number of aliphatic hydroxyl groups is 1. The highest BCUT2D eigenvalue weighted by Crippen LogP contribution is 2.33. The Labute approximate surface area is 143 Å². The minimum Gasteiger partial charge on any atom is -0.391 e. The number of aliphatic hydroxyl groups excluding tert-OH is 1. The van der Waals surface area contributed by atoms with Crippen LogP contribution in [-0.4, -0.2) is 43.6 Å². The van der Waals surface area contributed by atoms with Crippen LogP contribution in [0.5, 0.6) is 0 Å². The lowest BCUT2D eigenvalue weighted by Crippen LogP contribution is -2.31. The zero-order valence-electron chi connectivity index (χ0n) is 13.6. The van der Waals surface area contributed by atoms with Crippen molar-refractivity contribution in [1.29, 1.82) is 0 Å². The number of benzene rings is 2. The van der Waals surface area contributed by atoms with Gasteiger partial charge in [0.25, 0.3) is 5.91 Å². The highest BCUT2D eigenvalue weighted by molar-refractivity contribution is 5.97. The molecule has 1 amide bonds. The van der Waals surface area contributed by atoms with Crippen molar-refractivity contribution in [2.75, 3.05) is 6.54 Å². The predicted octanol–water partition coefficient (Wildman–Crippen LogP) is 2.06. The Morgan fingerprint density at radius 2 is 2.00 bits per heavy atom. The number of aryl methyl sites for hydroxylation is 1. The molecule has 0 aliphatic carbocycles. The Hall–Kier alpha value is -2.80. The second-order valence-electron chi connectivity index (χ2n) is 6.33. The number of amides is 1. The lowest BCUT2D eigenvalue weighted by molar-refractivity contribution is 0.0716. The molecule has 0 spiro atoms. The van der Waals surface area contributed by atoms with Crippen LogP contribution in [0.25, 0.3) is 11.0 Å². The van der Waals surface area contributed by atoms with Gasteiger partial charge in [0.2, 0.25) is 0 Å². The van der Waals surface area contributed by atoms with Gasteiger partial charge in [-0.3, -0.25) is 4.79 Å². The van der Waals surface area contributed by atoms with Crippen LogP contribution < -0.4 is 0 Å². The Kier molecular flexibility index (Phi) is 3.73. The maximum absolute atomic E-state index is 13.2. The second kappa shape index (κ2) is 5.93. The number of hydrogen-bond acceptors (Lipinski definition) is 4. The van der Waals surface area contributed by atoms with Crippen LogP contribution in [0, 0.1) is 5.82 Å². The number of hydrogen-bond donors (Lipinski definition) is 1. The van der Waals surface area contributed by atoms with Crippen molar-refractivity contribution in [2.45, 2.75) is 18.6 Å². The van der Waals surface area contributed by atoms with Gasteiger partial charge in [0.15, 0.2) is 0 Å². The molecule has 2 heterocycles. The van der Waals surface area contributed by atoms with Crippen molar-refractivity contribution in [3.63, 3.8) is 0 Å². The molecule has 1 aliphatic heterocycles. The highest BCUT2D eigenvalue weighted by Gasteiger charge is 2.35. The third kappa shape index (κ3) is 2.76. The summed E-state index contributed by atoms with van der Waals surface area (Å²) in [5.41, 5.74) is 2.81. The van der Waals surface area contributed by atoms with Gasteiger partial charge < -0.3 is 10.0 Å². The number of fused-ring (bicyclic) bond motifs is 1. The van der Waals surface area contributed by atoms with E-state index in [2.05, 4.69) is 10.3 Å². The standard InChI is InChI=1S/C18H17FN4O2/c1-22-17-8-12(4-7-15(17)20-21-22)18(25)23-10-14(24)9-16(23)11-2-5-13(19)6-3-11/h2-8,14,16,24H,9-10H2,1H3/t14-,16+/m1/s1. The van der Waals surface area contributed by atoms with Gasteiger partial charge in [-0.1, -0.05) is 17.3 Å². The van der Waals surface area contributed by atoms with Crippen LogP contribution >= 0.6 is 0 Å². The normalized spacial score (nSPS) is 20.4. The van der Waals surface area contributed by atoms with Gasteiger partial charge in [-0.05, 0) is 42.3 Å². The molecular formula is C18H17FN4O2. The van der Waals surface area contributed by atoms with Crippen LogP contribution in [0.4, 0.5) is 4.39 Å². The lowest BCUT2D eigenvalue weighted by atomic mass is 10.0. The molecule has 1 fully saturated rings. The zero-order chi connectivity index (χ0) is 17.6. The fraction of sp³-hybridized carbons (Fsp3) is 0.278. The van der Waals surface area contributed by atoms with Crippen LogP contribution in [0.15, 0.2) is 42.5 Å². The number of likely N-dealkylation sites (tertiary alicyclic amines) is 1. The first-order valence-electron chi connectivity index (χ1n) is 8.07. The molecule has 6 nitrogen and oxygen atoms in total. The van der Waals surface area contributed by atoms with Gasteiger partial charge in [-0.15, -0.1) is 5.10 Å². The molecule has 4 rings (SSSR count). The highest BCUT2D eigenvalue weighted by atomic mass is 19.1. The summed E-state index contributed by atoms with van der Waals surface area (Å²) >= 11 is 0. The first-order valence-corrected chi connectivity index (χ1v) is 8.07. The van der Waals surface area contributed by atoms with E-state index < -0.39 is 6.10 Å². The average molecular weight is 340 g/mol. The minimum absolute atomic E-state index is 0.172. The number of carbonyl (C=O) groups excluding carboxylic acids is 1. The molecule has 7 heteroatoms. The summed E-state index contributed by atoms with van der Waals surface area (Å²) in [6.07, 6.45) is -0.159. The Balaban J connectivity index is 1.68. The summed E-state index contributed by atoms with van der Waals surface area (Å²) in [7, 11) is 1.77. The molecule has 3 aromatic rings. The Morgan fingerprint density at radius 3 is 2.76 bits per heavy atom. The lowest BCUT2D eigenvalue weighted by Gasteiger charge is -2.25. The molecule has 1 aromatic heterocycles. The van der Waals surface area contributed by atoms with E-state index in [1.54, 1.807) is 47.0 Å². The van der Waals surface area contributed by atoms with Crippen molar-refractivity contribution in [2.24, 2.45) is 7.05 Å². The number of halogens is 1. The largest absolute Gasteiger partial charge is 0.391 e. The monoisotopic (exact) mass is 340 g/mol. The van der Waals surface area contributed by atoms with E-state index in [1.165, 1.54) is 12.1 Å². The number of β-amino-alcohol motifs (C(OH)–C–C–N with tert-alkyl or cyclic N) is 1. The van der Waals surface area contributed by atoms with E-state index in [0.717, 1.165) is 16.6 Å². The minimum atomic E-state index is -0.596. The van der Waals surface area contributed by atoms with E-state index in [1.807, 2.05) is 0 Å². The maximum atomic E-state index is 13.2. The quantitative estimate of drug-likeness (QED) is 0.775. The molecule has 0 radical (unpaired) electrons. The van der Waals surface area contributed by atoms with Gasteiger partial charge in [0.05, 0.1) is 17.7 Å². The van der Waals surface area contributed by atoms with Crippen molar-refractivity contribution >= 4 is 16.9 Å². The molecular weight excluding hydrogens is 323 g/mol. The molecule has 0 saturated carbocycles. The number of nitrogens with zero attached hydrogens (tertiary/aromatic N) is 4. The first kappa shape index (κ1) is 15.7. The van der Waals surface area contributed by atoms with Gasteiger partial charge in [-0.2, -0.15) is 0 Å². The topological polar surface area (TPSA) is 71.2 Å². The number of aromatic nitrogens is 3. The fourth-order valence-electron chi connectivity index (χ4n) is 3.37. The summed E-state index contributed by atoms with van der Waals surface area (Å²) in [5, 5.41) is 18.0. The van der Waals surface area contributed by atoms with Crippen molar-refractivity contribution < 1.29 is 14.3 Å². The van der Waals surface area contributed by atoms with E-state index >= 15 is 0 Å². The van der Waals surface area contributed by atoms with E-state index in [9.17, 15) is 14.3 Å². The van der Waals surface area contributed by atoms with Crippen LogP contribution in [0.2, 0.25) is 0 Å². The predicted molar refractivity (Wildman–Crippen MR) is 89.3 cm³/mol. The number of rotatable bonds is 2. The van der Waals surface area contributed by atoms with Gasteiger partial charge in [-0.25, -0.2) is 9.07 Å². The van der Waals surface area contributed by atoms with Gasteiger partial charge >= 0.3 is 0 Å². The molecule has 128 valence electrons. The molecule has 2 aromatic carbocycles. The van der Waals surface area contributed by atoms with E-state index in [0.29, 0.717) is 12.0 Å². The third-order valence-electron chi connectivity index (χ3n) is 4.65. The molecule has 0 bridgehead atoms. The smallest absolute Gasteiger partial charge is 0.254 e. The van der Waals surface area contributed by atoms with Crippen molar-refractivity contribution in [1.82, 2.24) is 19.9 Å². The second-order valence-corrected chi connectivity index (χ2v) is 6.33. The maximum Gasteiger partial charge on any atom is 0.254 e. The van der Waals surface area contributed by atoms with Gasteiger partial charge in [0, 0.05) is 19.2 Å². The van der Waals surface area contributed by atoms with Crippen molar-refractivity contribution in [3.8, 4) is 0 Å². The molecule has 0 unspecified atom stereocenters. The number of carbonyl (C=O) groups is 1. The zero-order valence-corrected chi connectivity index (χ0v) is 13.6. The summed E-state index contributed by atoms with van der Waals surface area (Å²) in [4.78, 5) is 14.7. The third-order valence-corrected chi connectivity index (χ3v) is 4.65. The first-order chi connectivity index (χ1) is 12.0. The van der Waals surface area contributed by atoms with Crippen LogP contribution in [0.3, 0.4) is 0 Å². The molecule has 1 aliphatic rings. The van der Waals surface area contributed by atoms with Crippen LogP contribution in [0.1, 0.15) is 28.4 Å².